The first-order valence-electron chi connectivity index (χ1n) is 8.22. The van der Waals surface area contributed by atoms with Gasteiger partial charge in [-0.3, -0.25) is 4.79 Å². The fraction of sp³-hybridized carbons (Fsp3) is 0.316. The van der Waals surface area contributed by atoms with Gasteiger partial charge in [-0.1, -0.05) is 0 Å². The number of hydrogen-bond acceptors (Lipinski definition) is 5. The van der Waals surface area contributed by atoms with Gasteiger partial charge < -0.3 is 9.64 Å². The summed E-state index contributed by atoms with van der Waals surface area (Å²) >= 11 is 0. The number of nitrogens with zero attached hydrogens (tertiary/aromatic N) is 3. The van der Waals surface area contributed by atoms with Crippen molar-refractivity contribution in [2.24, 2.45) is 5.92 Å². The van der Waals surface area contributed by atoms with Crippen molar-refractivity contribution in [2.75, 3.05) is 25.1 Å². The zero-order chi connectivity index (χ0) is 18.7. The number of rotatable bonds is 4. The number of halogens is 2. The molecule has 0 bridgehead atoms. The molecule has 2 heterocycles. The number of benzene rings is 1. The summed E-state index contributed by atoms with van der Waals surface area (Å²) in [7, 11) is 1.43. The van der Waals surface area contributed by atoms with Crippen LogP contribution in [0.2, 0.25) is 0 Å². The second kappa shape index (κ2) is 7.48. The number of methoxy groups -OCH3 is 1. The molecule has 5 nitrogen and oxygen atoms in total. The van der Waals surface area contributed by atoms with E-state index in [1.807, 2.05) is 4.90 Å². The maximum atomic E-state index is 13.9. The van der Waals surface area contributed by atoms with Gasteiger partial charge in [0.2, 0.25) is 5.88 Å². The molecule has 1 atom stereocenters. The minimum atomic E-state index is -0.725. The molecule has 0 saturated carbocycles. The van der Waals surface area contributed by atoms with E-state index in [0.29, 0.717) is 37.2 Å². The lowest BCUT2D eigenvalue weighted by Crippen LogP contribution is -2.39. The van der Waals surface area contributed by atoms with Gasteiger partial charge in [0.25, 0.3) is 0 Å². The van der Waals surface area contributed by atoms with Crippen molar-refractivity contribution in [1.29, 1.82) is 5.26 Å². The average Bonchev–Trinajstić information content (AvgIpc) is 2.68. The van der Waals surface area contributed by atoms with E-state index >= 15 is 0 Å². The summed E-state index contributed by atoms with van der Waals surface area (Å²) in [5.41, 5.74) is 0.682. The molecule has 3 rings (SSSR count). The van der Waals surface area contributed by atoms with E-state index < -0.39 is 23.3 Å². The van der Waals surface area contributed by atoms with Gasteiger partial charge in [0.15, 0.2) is 5.78 Å². The van der Waals surface area contributed by atoms with E-state index in [4.69, 9.17) is 4.74 Å². The van der Waals surface area contributed by atoms with E-state index in [9.17, 15) is 18.8 Å². The zero-order valence-corrected chi connectivity index (χ0v) is 14.2. The van der Waals surface area contributed by atoms with Crippen molar-refractivity contribution in [3.63, 3.8) is 0 Å². The van der Waals surface area contributed by atoms with Gasteiger partial charge in [-0.15, -0.1) is 0 Å². The number of piperidine rings is 1. The van der Waals surface area contributed by atoms with Crippen LogP contribution in [0.5, 0.6) is 5.88 Å². The minimum absolute atomic E-state index is 0.217. The topological polar surface area (TPSA) is 66.2 Å². The van der Waals surface area contributed by atoms with Crippen molar-refractivity contribution in [3.05, 3.63) is 53.2 Å². The van der Waals surface area contributed by atoms with Crippen LogP contribution < -0.4 is 9.64 Å². The highest BCUT2D eigenvalue weighted by atomic mass is 19.1. The fourth-order valence-corrected chi connectivity index (χ4v) is 3.27. The van der Waals surface area contributed by atoms with Crippen LogP contribution in [0.15, 0.2) is 30.5 Å². The Labute approximate surface area is 149 Å². The number of carbonyl (C=O) groups is 1. The Morgan fingerprint density at radius 2 is 2.19 bits per heavy atom. The van der Waals surface area contributed by atoms with Crippen LogP contribution in [0, 0.1) is 28.9 Å². The molecular weight excluding hydrogens is 340 g/mol. The molecule has 0 spiro atoms. The number of nitriles is 1. The molecule has 26 heavy (non-hydrogen) atoms. The quantitative estimate of drug-likeness (QED) is 0.785. The average molecular weight is 357 g/mol. The Kier molecular flexibility index (Phi) is 5.12. The van der Waals surface area contributed by atoms with Gasteiger partial charge in [0.1, 0.15) is 23.3 Å². The third-order valence-corrected chi connectivity index (χ3v) is 4.53. The molecule has 0 radical (unpaired) electrons. The van der Waals surface area contributed by atoms with Gasteiger partial charge in [-0.25, -0.2) is 13.8 Å². The van der Waals surface area contributed by atoms with Crippen molar-refractivity contribution in [1.82, 2.24) is 4.98 Å². The van der Waals surface area contributed by atoms with Crippen LogP contribution >= 0.6 is 0 Å². The highest BCUT2D eigenvalue weighted by Crippen LogP contribution is 2.31. The van der Waals surface area contributed by atoms with Crippen molar-refractivity contribution in [2.45, 2.75) is 12.8 Å². The summed E-state index contributed by atoms with van der Waals surface area (Å²) in [4.78, 5) is 18.6. The number of ether oxygens (including phenoxy) is 1. The number of carbonyl (C=O) groups excluding carboxylic acids is 1. The van der Waals surface area contributed by atoms with Crippen LogP contribution in [0.25, 0.3) is 0 Å². The second-order valence-electron chi connectivity index (χ2n) is 6.10. The van der Waals surface area contributed by atoms with Gasteiger partial charge in [-0.2, -0.15) is 5.26 Å². The lowest BCUT2D eigenvalue weighted by molar-refractivity contribution is 0.0902. The maximum Gasteiger partial charge on any atom is 0.233 e. The zero-order valence-electron chi connectivity index (χ0n) is 14.2. The number of anilines is 1. The standard InChI is InChI=1S/C19H17F2N3O2/c1-26-19-15(10-22)17(6-7-23-19)24-8-2-3-12(11-24)18(25)14-9-13(20)4-5-16(14)21/h4-7,9,12H,2-3,8,11H2,1H3. The summed E-state index contributed by atoms with van der Waals surface area (Å²) in [5.74, 6) is -2.06. The largest absolute Gasteiger partial charge is 0.480 e. The van der Waals surface area contributed by atoms with Crippen LogP contribution in [0.4, 0.5) is 14.5 Å². The Hall–Kier alpha value is -3.01. The Morgan fingerprint density at radius 3 is 2.92 bits per heavy atom. The van der Waals surface area contributed by atoms with Crippen molar-refractivity contribution < 1.29 is 18.3 Å². The first-order valence-corrected chi connectivity index (χ1v) is 8.22. The van der Waals surface area contributed by atoms with Crippen LogP contribution in [-0.4, -0.2) is 31.0 Å². The number of Topliss-reactive ketones (excluding diaryl/α,β-unsaturated/α-hetero) is 1. The van der Waals surface area contributed by atoms with E-state index in [1.165, 1.54) is 13.3 Å². The number of ketones is 1. The molecule has 1 aromatic heterocycles. The van der Waals surface area contributed by atoms with E-state index in [0.717, 1.165) is 18.2 Å². The Morgan fingerprint density at radius 1 is 1.38 bits per heavy atom. The van der Waals surface area contributed by atoms with Crippen LogP contribution in [-0.2, 0) is 0 Å². The molecule has 1 unspecified atom stereocenters. The van der Waals surface area contributed by atoms with Crippen molar-refractivity contribution in [3.8, 4) is 11.9 Å². The van der Waals surface area contributed by atoms with E-state index in [-0.39, 0.29) is 11.4 Å². The predicted octanol–water partition coefficient (Wildman–Crippen LogP) is 3.34. The number of aromatic nitrogens is 1. The Balaban J connectivity index is 1.88. The van der Waals surface area contributed by atoms with E-state index in [1.54, 1.807) is 6.07 Å². The molecule has 1 fully saturated rings. The SMILES string of the molecule is COc1nccc(N2CCCC(C(=O)c3cc(F)ccc3F)C2)c1C#N. The lowest BCUT2D eigenvalue weighted by Gasteiger charge is -2.34. The van der Waals surface area contributed by atoms with Crippen molar-refractivity contribution >= 4 is 11.5 Å². The van der Waals surface area contributed by atoms with Crippen LogP contribution in [0.1, 0.15) is 28.8 Å². The fourth-order valence-electron chi connectivity index (χ4n) is 3.27. The normalized spacial score (nSPS) is 16.8. The molecule has 0 N–H and O–H groups in total. The maximum absolute atomic E-state index is 13.9. The monoisotopic (exact) mass is 357 g/mol. The summed E-state index contributed by atoms with van der Waals surface area (Å²) < 4.78 is 32.5. The molecule has 0 amide bonds. The molecule has 1 aliphatic heterocycles. The molecule has 2 aromatic rings. The highest BCUT2D eigenvalue weighted by molar-refractivity contribution is 5.98. The smallest absolute Gasteiger partial charge is 0.233 e. The molecular formula is C19H17F2N3O2. The third-order valence-electron chi connectivity index (χ3n) is 4.53. The molecule has 7 heteroatoms. The molecule has 1 aliphatic rings. The summed E-state index contributed by atoms with van der Waals surface area (Å²) in [6.45, 7) is 0.966. The van der Waals surface area contributed by atoms with Crippen LogP contribution in [0.3, 0.4) is 0 Å². The highest BCUT2D eigenvalue weighted by Gasteiger charge is 2.30. The second-order valence-corrected chi connectivity index (χ2v) is 6.10. The molecule has 1 saturated heterocycles. The number of hydrogen-bond donors (Lipinski definition) is 0. The predicted molar refractivity (Wildman–Crippen MR) is 91.1 cm³/mol. The molecule has 1 aromatic carbocycles. The lowest BCUT2D eigenvalue weighted by atomic mass is 9.89. The Bertz CT molecular complexity index is 880. The summed E-state index contributed by atoms with van der Waals surface area (Å²) in [5, 5.41) is 9.43. The first kappa shape index (κ1) is 17.8. The summed E-state index contributed by atoms with van der Waals surface area (Å²) in [6, 6.07) is 6.66. The third kappa shape index (κ3) is 3.36. The van der Waals surface area contributed by atoms with Gasteiger partial charge >= 0.3 is 0 Å². The minimum Gasteiger partial charge on any atom is -0.480 e. The van der Waals surface area contributed by atoms with Gasteiger partial charge in [0, 0.05) is 25.2 Å². The van der Waals surface area contributed by atoms with Gasteiger partial charge in [0.05, 0.1) is 18.4 Å². The molecule has 0 aliphatic carbocycles. The molecule has 134 valence electrons. The summed E-state index contributed by atoms with van der Waals surface area (Å²) in [6.07, 6.45) is 2.81. The van der Waals surface area contributed by atoms with Gasteiger partial charge in [-0.05, 0) is 37.1 Å². The first-order chi connectivity index (χ1) is 12.5. The van der Waals surface area contributed by atoms with E-state index in [2.05, 4.69) is 11.1 Å². The number of pyridine rings is 1.